The SMILES string of the molecule is CNC(Cc1ccccc1Cl)c1csc(Br)c1. The molecule has 0 aliphatic rings. The number of likely N-dealkylation sites (N-methyl/N-ethyl adjacent to an activating group) is 1. The number of halogens is 2. The quantitative estimate of drug-likeness (QED) is 0.859. The second-order valence-corrected chi connectivity index (χ2v) is 6.52. The summed E-state index contributed by atoms with van der Waals surface area (Å²) in [4.78, 5) is 0. The highest BCUT2D eigenvalue weighted by atomic mass is 79.9. The van der Waals surface area contributed by atoms with Crippen molar-refractivity contribution in [2.75, 3.05) is 7.05 Å². The van der Waals surface area contributed by atoms with Gasteiger partial charge in [0.15, 0.2) is 0 Å². The first-order valence-corrected chi connectivity index (χ1v) is 7.40. The van der Waals surface area contributed by atoms with Crippen LogP contribution >= 0.6 is 38.9 Å². The Bertz CT molecular complexity index is 498. The summed E-state index contributed by atoms with van der Waals surface area (Å²) < 4.78 is 1.16. The molecule has 4 heteroatoms. The summed E-state index contributed by atoms with van der Waals surface area (Å²) in [7, 11) is 1.98. The van der Waals surface area contributed by atoms with Crippen molar-refractivity contribution >= 4 is 38.9 Å². The normalized spacial score (nSPS) is 12.6. The minimum atomic E-state index is 0.303. The van der Waals surface area contributed by atoms with E-state index >= 15 is 0 Å². The van der Waals surface area contributed by atoms with Crippen LogP contribution in [-0.2, 0) is 6.42 Å². The standard InChI is InChI=1S/C13H13BrClNS/c1-16-12(10-7-13(14)17-8-10)6-9-4-2-3-5-11(9)15/h2-5,7-8,12,16H,6H2,1H3. The summed E-state index contributed by atoms with van der Waals surface area (Å²) in [5.74, 6) is 0. The second kappa shape index (κ2) is 6.01. The Kier molecular flexibility index (Phi) is 4.62. The zero-order valence-corrected chi connectivity index (χ0v) is 12.6. The Morgan fingerprint density at radius 2 is 2.18 bits per heavy atom. The first-order chi connectivity index (χ1) is 8.20. The monoisotopic (exact) mass is 329 g/mol. The maximum atomic E-state index is 6.18. The molecule has 1 heterocycles. The van der Waals surface area contributed by atoms with Crippen molar-refractivity contribution in [2.24, 2.45) is 0 Å². The summed E-state index contributed by atoms with van der Waals surface area (Å²) in [6.45, 7) is 0. The van der Waals surface area contributed by atoms with Gasteiger partial charge in [-0.3, -0.25) is 0 Å². The minimum Gasteiger partial charge on any atom is -0.313 e. The Morgan fingerprint density at radius 1 is 1.41 bits per heavy atom. The third-order valence-electron chi connectivity index (χ3n) is 2.72. The smallest absolute Gasteiger partial charge is 0.0701 e. The van der Waals surface area contributed by atoms with Gasteiger partial charge in [-0.15, -0.1) is 11.3 Å². The van der Waals surface area contributed by atoms with Crippen LogP contribution in [0.1, 0.15) is 17.2 Å². The summed E-state index contributed by atoms with van der Waals surface area (Å²) in [6.07, 6.45) is 0.902. The van der Waals surface area contributed by atoms with Gasteiger partial charge in [-0.05, 0) is 58.0 Å². The van der Waals surface area contributed by atoms with E-state index in [1.165, 1.54) is 11.1 Å². The number of rotatable bonds is 4. The molecule has 0 saturated carbocycles. The van der Waals surface area contributed by atoms with Gasteiger partial charge in [0.05, 0.1) is 3.79 Å². The van der Waals surface area contributed by atoms with Gasteiger partial charge in [-0.2, -0.15) is 0 Å². The van der Waals surface area contributed by atoms with E-state index in [4.69, 9.17) is 11.6 Å². The molecule has 0 saturated heterocycles. The van der Waals surface area contributed by atoms with E-state index < -0.39 is 0 Å². The van der Waals surface area contributed by atoms with Crippen LogP contribution in [0.4, 0.5) is 0 Å². The number of nitrogens with one attached hydrogen (secondary N) is 1. The fraction of sp³-hybridized carbons (Fsp3) is 0.231. The van der Waals surface area contributed by atoms with Crippen LogP contribution in [0.5, 0.6) is 0 Å². The molecule has 2 rings (SSSR count). The Labute approximate surface area is 119 Å². The van der Waals surface area contributed by atoms with Crippen molar-refractivity contribution in [1.82, 2.24) is 5.32 Å². The highest BCUT2D eigenvalue weighted by Gasteiger charge is 2.13. The van der Waals surface area contributed by atoms with Gasteiger partial charge in [-0.25, -0.2) is 0 Å². The maximum absolute atomic E-state index is 6.18. The third-order valence-corrected chi connectivity index (χ3v) is 4.61. The molecule has 0 spiro atoms. The van der Waals surface area contributed by atoms with Crippen LogP contribution in [0.25, 0.3) is 0 Å². The molecule has 1 atom stereocenters. The fourth-order valence-corrected chi connectivity index (χ4v) is 3.22. The van der Waals surface area contributed by atoms with Crippen LogP contribution < -0.4 is 5.32 Å². The van der Waals surface area contributed by atoms with E-state index in [9.17, 15) is 0 Å². The van der Waals surface area contributed by atoms with Crippen molar-refractivity contribution in [3.63, 3.8) is 0 Å². The predicted molar refractivity (Wildman–Crippen MR) is 79.0 cm³/mol. The first kappa shape index (κ1) is 13.1. The van der Waals surface area contributed by atoms with Crippen LogP contribution in [0, 0.1) is 0 Å². The molecule has 0 fully saturated rings. The molecule has 1 N–H and O–H groups in total. The van der Waals surface area contributed by atoms with E-state index in [2.05, 4.69) is 38.8 Å². The third kappa shape index (κ3) is 3.32. The van der Waals surface area contributed by atoms with Crippen molar-refractivity contribution in [3.05, 3.63) is 55.6 Å². The van der Waals surface area contributed by atoms with Gasteiger partial charge in [0.25, 0.3) is 0 Å². The van der Waals surface area contributed by atoms with Gasteiger partial charge in [0, 0.05) is 11.1 Å². The lowest BCUT2D eigenvalue weighted by molar-refractivity contribution is 0.594. The lowest BCUT2D eigenvalue weighted by Gasteiger charge is -2.15. The molecular formula is C13H13BrClNS. The van der Waals surface area contributed by atoms with Gasteiger partial charge < -0.3 is 5.32 Å². The van der Waals surface area contributed by atoms with Crippen LogP contribution in [0.15, 0.2) is 39.5 Å². The van der Waals surface area contributed by atoms with Gasteiger partial charge in [0.2, 0.25) is 0 Å². The van der Waals surface area contributed by atoms with E-state index in [1.54, 1.807) is 11.3 Å². The average Bonchev–Trinajstić information content (AvgIpc) is 2.75. The molecule has 2 aromatic rings. The van der Waals surface area contributed by atoms with Crippen molar-refractivity contribution in [2.45, 2.75) is 12.5 Å². The number of hydrogen-bond acceptors (Lipinski definition) is 2. The number of hydrogen-bond donors (Lipinski definition) is 1. The van der Waals surface area contributed by atoms with Crippen LogP contribution in [-0.4, -0.2) is 7.05 Å². The fourth-order valence-electron chi connectivity index (χ4n) is 1.78. The molecule has 1 nitrogen and oxygen atoms in total. The average molecular weight is 331 g/mol. The molecule has 0 aliphatic carbocycles. The highest BCUT2D eigenvalue weighted by Crippen LogP contribution is 2.28. The lowest BCUT2D eigenvalue weighted by Crippen LogP contribution is -2.18. The summed E-state index contributed by atoms with van der Waals surface area (Å²) in [6, 6.07) is 10.5. The molecule has 1 unspecified atom stereocenters. The Hall–Kier alpha value is -0.350. The highest BCUT2D eigenvalue weighted by molar-refractivity contribution is 9.11. The van der Waals surface area contributed by atoms with Crippen molar-refractivity contribution < 1.29 is 0 Å². The molecule has 90 valence electrons. The summed E-state index contributed by atoms with van der Waals surface area (Å²) >= 11 is 11.4. The molecule has 17 heavy (non-hydrogen) atoms. The topological polar surface area (TPSA) is 12.0 Å². The van der Waals surface area contributed by atoms with E-state index in [0.29, 0.717) is 6.04 Å². The molecule has 0 amide bonds. The number of benzene rings is 1. The van der Waals surface area contributed by atoms with Gasteiger partial charge in [0.1, 0.15) is 0 Å². The van der Waals surface area contributed by atoms with Crippen LogP contribution in [0.2, 0.25) is 5.02 Å². The largest absolute Gasteiger partial charge is 0.313 e. The van der Waals surface area contributed by atoms with Crippen molar-refractivity contribution in [1.29, 1.82) is 0 Å². The first-order valence-electron chi connectivity index (χ1n) is 5.35. The lowest BCUT2D eigenvalue weighted by atomic mass is 10.0. The zero-order chi connectivity index (χ0) is 12.3. The molecule has 1 aromatic heterocycles. The summed E-state index contributed by atoms with van der Waals surface area (Å²) in [5, 5.41) is 6.34. The predicted octanol–water partition coefficient (Wildman–Crippen LogP) is 4.67. The molecule has 0 radical (unpaired) electrons. The molecule has 0 aliphatic heterocycles. The summed E-state index contributed by atoms with van der Waals surface area (Å²) in [5.41, 5.74) is 2.47. The Balaban J connectivity index is 2.18. The van der Waals surface area contributed by atoms with Crippen LogP contribution in [0.3, 0.4) is 0 Å². The van der Waals surface area contributed by atoms with E-state index in [1.807, 2.05) is 25.2 Å². The number of thiophene rings is 1. The van der Waals surface area contributed by atoms with E-state index in [0.717, 1.165) is 15.2 Å². The maximum Gasteiger partial charge on any atom is 0.0701 e. The minimum absolute atomic E-state index is 0.303. The molecule has 0 bridgehead atoms. The van der Waals surface area contributed by atoms with Gasteiger partial charge in [-0.1, -0.05) is 29.8 Å². The molecular weight excluding hydrogens is 318 g/mol. The second-order valence-electron chi connectivity index (χ2n) is 3.82. The Morgan fingerprint density at radius 3 is 2.76 bits per heavy atom. The van der Waals surface area contributed by atoms with E-state index in [-0.39, 0.29) is 0 Å². The molecule has 1 aromatic carbocycles. The zero-order valence-electron chi connectivity index (χ0n) is 9.41. The van der Waals surface area contributed by atoms with Crippen molar-refractivity contribution in [3.8, 4) is 0 Å². The van der Waals surface area contributed by atoms with Gasteiger partial charge >= 0.3 is 0 Å².